The summed E-state index contributed by atoms with van der Waals surface area (Å²) in [6, 6.07) is 0.284. The van der Waals surface area contributed by atoms with E-state index in [0.717, 1.165) is 25.7 Å². The molecule has 0 radical (unpaired) electrons. The highest BCUT2D eigenvalue weighted by Gasteiger charge is 2.48. The van der Waals surface area contributed by atoms with E-state index < -0.39 is 0 Å². The van der Waals surface area contributed by atoms with Gasteiger partial charge in [0.25, 0.3) is 0 Å². The largest absolute Gasteiger partial charge is 0.328 e. The zero-order valence-electron chi connectivity index (χ0n) is 10.2. The molecule has 2 N–H and O–H groups in total. The highest BCUT2D eigenvalue weighted by Crippen LogP contribution is 2.47. The van der Waals surface area contributed by atoms with Crippen molar-refractivity contribution in [1.29, 1.82) is 0 Å². The minimum absolute atomic E-state index is 0.0243. The number of carbonyl (C=O) groups is 2. The molecule has 2 saturated carbocycles. The summed E-state index contributed by atoms with van der Waals surface area (Å²) in [5, 5.41) is 0. The van der Waals surface area contributed by atoms with Gasteiger partial charge in [-0.15, -0.1) is 0 Å². The van der Waals surface area contributed by atoms with Crippen LogP contribution in [0, 0.1) is 5.41 Å². The van der Waals surface area contributed by atoms with Gasteiger partial charge >= 0.3 is 0 Å². The maximum Gasteiger partial charge on any atom is 0.230 e. The average Bonchev–Trinajstić information content (AvgIpc) is 2.62. The minimum Gasteiger partial charge on any atom is -0.328 e. The molecular weight excluding hydrogens is 216 g/mol. The highest BCUT2D eigenvalue weighted by molar-refractivity contribution is 5.99. The lowest BCUT2D eigenvalue weighted by Gasteiger charge is -2.45. The van der Waals surface area contributed by atoms with Crippen LogP contribution in [0.25, 0.3) is 0 Å². The molecule has 4 nitrogen and oxygen atoms in total. The maximum atomic E-state index is 12.2. The highest BCUT2D eigenvalue weighted by atomic mass is 16.2. The van der Waals surface area contributed by atoms with Crippen LogP contribution >= 0.6 is 0 Å². The Hall–Kier alpha value is -0.900. The van der Waals surface area contributed by atoms with E-state index in [-0.39, 0.29) is 29.3 Å². The van der Waals surface area contributed by atoms with Crippen LogP contribution in [0.2, 0.25) is 0 Å². The molecule has 2 amide bonds. The third-order valence-electron chi connectivity index (χ3n) is 4.77. The van der Waals surface area contributed by atoms with Crippen LogP contribution in [0.15, 0.2) is 0 Å². The second-order valence-corrected chi connectivity index (χ2v) is 6.10. The molecule has 2 aliphatic carbocycles. The minimum atomic E-state index is 0.0243. The molecule has 3 fully saturated rings. The summed E-state index contributed by atoms with van der Waals surface area (Å²) < 4.78 is 0. The quantitative estimate of drug-likeness (QED) is 0.695. The van der Waals surface area contributed by atoms with Crippen LogP contribution in [0.4, 0.5) is 0 Å². The fourth-order valence-electron chi connectivity index (χ4n) is 3.74. The fourth-order valence-corrected chi connectivity index (χ4v) is 3.74. The summed E-state index contributed by atoms with van der Waals surface area (Å²) in [5.41, 5.74) is 5.76. The Morgan fingerprint density at radius 3 is 2.06 bits per heavy atom. The van der Waals surface area contributed by atoms with E-state index in [2.05, 4.69) is 0 Å². The van der Waals surface area contributed by atoms with Crippen LogP contribution in [0.3, 0.4) is 0 Å². The normalized spacial score (nSPS) is 36.4. The lowest BCUT2D eigenvalue weighted by atomic mass is 9.74. The van der Waals surface area contributed by atoms with Crippen molar-refractivity contribution >= 4 is 11.8 Å². The molecule has 0 bridgehead atoms. The molecule has 4 heteroatoms. The van der Waals surface area contributed by atoms with Crippen molar-refractivity contribution in [3.05, 3.63) is 0 Å². The molecule has 3 rings (SSSR count). The van der Waals surface area contributed by atoms with E-state index in [1.54, 1.807) is 0 Å². The lowest BCUT2D eigenvalue weighted by molar-refractivity contribution is -0.158. The zero-order chi connectivity index (χ0) is 12.0. The maximum absolute atomic E-state index is 12.2. The number of imide groups is 1. The second-order valence-electron chi connectivity index (χ2n) is 6.10. The van der Waals surface area contributed by atoms with Gasteiger partial charge in [0.15, 0.2) is 0 Å². The van der Waals surface area contributed by atoms with E-state index in [0.29, 0.717) is 12.8 Å². The predicted octanol–water partition coefficient (Wildman–Crippen LogP) is 1.19. The third kappa shape index (κ3) is 1.79. The van der Waals surface area contributed by atoms with Gasteiger partial charge in [-0.3, -0.25) is 14.5 Å². The Morgan fingerprint density at radius 2 is 1.59 bits per heavy atom. The number of piperidine rings is 1. The number of likely N-dealkylation sites (tertiary alicyclic amines) is 1. The van der Waals surface area contributed by atoms with Crippen LogP contribution < -0.4 is 5.73 Å². The molecule has 0 aromatic carbocycles. The first-order valence-electron chi connectivity index (χ1n) is 6.70. The second kappa shape index (κ2) is 3.80. The SMILES string of the molecule is NC1CC(N2C(=O)CC3(CCCC3)CC2=O)C1. The van der Waals surface area contributed by atoms with E-state index in [9.17, 15) is 9.59 Å². The van der Waals surface area contributed by atoms with Gasteiger partial charge in [0.1, 0.15) is 0 Å². The van der Waals surface area contributed by atoms with E-state index in [1.165, 1.54) is 17.7 Å². The smallest absolute Gasteiger partial charge is 0.230 e. The number of hydrogen-bond donors (Lipinski definition) is 1. The van der Waals surface area contributed by atoms with Gasteiger partial charge in [0.2, 0.25) is 11.8 Å². The van der Waals surface area contributed by atoms with Crippen molar-refractivity contribution in [3.8, 4) is 0 Å². The summed E-state index contributed by atoms with van der Waals surface area (Å²) in [7, 11) is 0. The number of amides is 2. The van der Waals surface area contributed by atoms with Crippen molar-refractivity contribution in [1.82, 2.24) is 4.90 Å². The van der Waals surface area contributed by atoms with Crippen molar-refractivity contribution < 1.29 is 9.59 Å². The summed E-state index contributed by atoms with van der Waals surface area (Å²) >= 11 is 0. The Kier molecular flexibility index (Phi) is 2.51. The molecule has 94 valence electrons. The molecule has 1 heterocycles. The molecule has 3 aliphatic rings. The standard InChI is InChI=1S/C13H20N2O2/c14-9-5-10(6-9)15-11(16)7-13(8-12(15)17)3-1-2-4-13/h9-10H,1-8,14H2. The van der Waals surface area contributed by atoms with Gasteiger partial charge in [-0.25, -0.2) is 0 Å². The van der Waals surface area contributed by atoms with Gasteiger partial charge in [0.05, 0.1) is 0 Å². The number of nitrogens with two attached hydrogens (primary N) is 1. The monoisotopic (exact) mass is 236 g/mol. The summed E-state index contributed by atoms with van der Waals surface area (Å²) in [6.07, 6.45) is 7.23. The Balaban J connectivity index is 1.73. The van der Waals surface area contributed by atoms with E-state index >= 15 is 0 Å². The van der Waals surface area contributed by atoms with Crippen LogP contribution in [-0.4, -0.2) is 28.8 Å². The van der Waals surface area contributed by atoms with E-state index in [1.807, 2.05) is 0 Å². The molecule has 1 aliphatic heterocycles. The summed E-state index contributed by atoms with van der Waals surface area (Å²) in [6.45, 7) is 0. The fraction of sp³-hybridized carbons (Fsp3) is 0.846. The Labute approximate surface area is 102 Å². The van der Waals surface area contributed by atoms with Gasteiger partial charge in [-0.05, 0) is 31.1 Å². The average molecular weight is 236 g/mol. The van der Waals surface area contributed by atoms with Gasteiger partial charge in [0, 0.05) is 24.9 Å². The first-order valence-corrected chi connectivity index (χ1v) is 6.70. The van der Waals surface area contributed by atoms with E-state index in [4.69, 9.17) is 5.73 Å². The number of rotatable bonds is 1. The topological polar surface area (TPSA) is 63.4 Å². The molecule has 0 atom stereocenters. The third-order valence-corrected chi connectivity index (χ3v) is 4.77. The molecular formula is C13H20N2O2. The number of nitrogens with zero attached hydrogens (tertiary/aromatic N) is 1. The first-order chi connectivity index (χ1) is 8.10. The number of carbonyl (C=O) groups excluding carboxylic acids is 2. The van der Waals surface area contributed by atoms with Gasteiger partial charge in [-0.1, -0.05) is 12.8 Å². The summed E-state index contributed by atoms with van der Waals surface area (Å²) in [5.74, 6) is 0.111. The lowest BCUT2D eigenvalue weighted by Crippen LogP contribution is -2.58. The predicted molar refractivity (Wildman–Crippen MR) is 63.0 cm³/mol. The molecule has 0 aromatic rings. The van der Waals surface area contributed by atoms with Crippen molar-refractivity contribution in [2.24, 2.45) is 11.1 Å². The van der Waals surface area contributed by atoms with Gasteiger partial charge < -0.3 is 5.73 Å². The molecule has 1 saturated heterocycles. The molecule has 0 unspecified atom stereocenters. The molecule has 1 spiro atoms. The van der Waals surface area contributed by atoms with Crippen molar-refractivity contribution in [2.75, 3.05) is 0 Å². The van der Waals surface area contributed by atoms with Crippen LogP contribution in [0.5, 0.6) is 0 Å². The van der Waals surface area contributed by atoms with Crippen molar-refractivity contribution in [2.45, 2.75) is 63.5 Å². The van der Waals surface area contributed by atoms with Crippen LogP contribution in [0.1, 0.15) is 51.4 Å². The number of hydrogen-bond acceptors (Lipinski definition) is 3. The Bertz CT molecular complexity index is 334. The van der Waals surface area contributed by atoms with Crippen LogP contribution in [-0.2, 0) is 9.59 Å². The first kappa shape index (κ1) is 11.2. The Morgan fingerprint density at radius 1 is 1.06 bits per heavy atom. The van der Waals surface area contributed by atoms with Gasteiger partial charge in [-0.2, -0.15) is 0 Å². The molecule has 17 heavy (non-hydrogen) atoms. The zero-order valence-corrected chi connectivity index (χ0v) is 10.2. The molecule has 0 aromatic heterocycles. The van der Waals surface area contributed by atoms with Crippen molar-refractivity contribution in [3.63, 3.8) is 0 Å². The summed E-state index contributed by atoms with van der Waals surface area (Å²) in [4.78, 5) is 25.9.